The van der Waals surface area contributed by atoms with Gasteiger partial charge in [-0.25, -0.2) is 4.98 Å². The highest BCUT2D eigenvalue weighted by Gasteiger charge is 2.31. The van der Waals surface area contributed by atoms with Crippen LogP contribution in [0, 0.1) is 15.5 Å². The van der Waals surface area contributed by atoms with Crippen molar-refractivity contribution in [3.63, 3.8) is 0 Å². The number of carbonyl (C=O) groups excluding carboxylic acids is 1. The smallest absolute Gasteiger partial charge is 0.269 e. The number of nitrogens with zero attached hydrogens (tertiary/aromatic N) is 3. The molecule has 4 rings (SSSR count). The number of benzene rings is 2. The maximum Gasteiger partial charge on any atom is 0.269 e. The molecule has 1 amide bonds. The van der Waals surface area contributed by atoms with Gasteiger partial charge in [0.2, 0.25) is 0 Å². The maximum atomic E-state index is 12.5. The second-order valence-corrected chi connectivity index (χ2v) is 7.84. The SMILES string of the molecule is N=C1C(c2nc(-c3ccc(Cl)cc3)cs2)=C(O)CN1NC(=O)c1ccc([N+](=O)[O-])cc1. The fraction of sp³-hybridized carbons (Fsp3) is 0.0500. The van der Waals surface area contributed by atoms with Gasteiger partial charge in [-0.05, 0) is 24.3 Å². The molecule has 0 fully saturated rings. The molecule has 0 unspecified atom stereocenters. The van der Waals surface area contributed by atoms with Crippen LogP contribution in [0.1, 0.15) is 15.4 Å². The van der Waals surface area contributed by atoms with Crippen molar-refractivity contribution in [2.75, 3.05) is 6.54 Å². The molecule has 2 aromatic carbocycles. The Bertz CT molecular complexity index is 1220. The normalized spacial score (nSPS) is 13.6. The zero-order chi connectivity index (χ0) is 22.1. The molecule has 9 nitrogen and oxygen atoms in total. The number of hydrogen-bond donors (Lipinski definition) is 3. The minimum absolute atomic E-state index is 0.0917. The third kappa shape index (κ3) is 4.11. The van der Waals surface area contributed by atoms with Crippen LogP contribution in [0.4, 0.5) is 5.69 Å². The summed E-state index contributed by atoms with van der Waals surface area (Å²) in [7, 11) is 0. The highest BCUT2D eigenvalue weighted by molar-refractivity contribution is 7.11. The Hall–Kier alpha value is -3.76. The molecule has 3 aromatic rings. The quantitative estimate of drug-likeness (QED) is 0.388. The summed E-state index contributed by atoms with van der Waals surface area (Å²) in [6.07, 6.45) is 0. The van der Waals surface area contributed by atoms with Crippen molar-refractivity contribution < 1.29 is 14.8 Å². The first kappa shape index (κ1) is 20.5. The molecule has 0 bridgehead atoms. The highest BCUT2D eigenvalue weighted by Crippen LogP contribution is 2.32. The van der Waals surface area contributed by atoms with Gasteiger partial charge in [0.15, 0.2) is 5.84 Å². The van der Waals surface area contributed by atoms with Gasteiger partial charge in [0, 0.05) is 33.7 Å². The number of halogens is 1. The van der Waals surface area contributed by atoms with Gasteiger partial charge < -0.3 is 5.11 Å². The number of nitro benzene ring substituents is 1. The summed E-state index contributed by atoms with van der Waals surface area (Å²) in [6, 6.07) is 12.2. The third-order valence-electron chi connectivity index (χ3n) is 4.54. The lowest BCUT2D eigenvalue weighted by Gasteiger charge is -2.19. The van der Waals surface area contributed by atoms with Gasteiger partial charge in [-0.1, -0.05) is 23.7 Å². The predicted octanol–water partition coefficient (Wildman–Crippen LogP) is 4.28. The Morgan fingerprint density at radius 1 is 1.23 bits per heavy atom. The van der Waals surface area contributed by atoms with Crippen LogP contribution < -0.4 is 5.43 Å². The number of non-ortho nitro benzene ring substituents is 1. The van der Waals surface area contributed by atoms with Crippen LogP contribution in [-0.4, -0.2) is 38.3 Å². The Balaban J connectivity index is 1.49. The molecule has 0 saturated heterocycles. The lowest BCUT2D eigenvalue weighted by molar-refractivity contribution is -0.384. The van der Waals surface area contributed by atoms with E-state index in [1.807, 2.05) is 17.5 Å². The lowest BCUT2D eigenvalue weighted by Crippen LogP contribution is -2.43. The average Bonchev–Trinajstić information content (AvgIpc) is 3.33. The second-order valence-electron chi connectivity index (χ2n) is 6.55. The largest absolute Gasteiger partial charge is 0.509 e. The van der Waals surface area contributed by atoms with E-state index < -0.39 is 10.8 Å². The minimum Gasteiger partial charge on any atom is -0.509 e. The lowest BCUT2D eigenvalue weighted by atomic mass is 10.2. The van der Waals surface area contributed by atoms with Crippen LogP contribution in [0.2, 0.25) is 5.02 Å². The van der Waals surface area contributed by atoms with E-state index >= 15 is 0 Å². The van der Waals surface area contributed by atoms with E-state index in [0.717, 1.165) is 5.56 Å². The summed E-state index contributed by atoms with van der Waals surface area (Å²) in [5.74, 6) is -0.759. The van der Waals surface area contributed by atoms with Crippen LogP contribution in [0.15, 0.2) is 59.7 Å². The monoisotopic (exact) mass is 455 g/mol. The first-order valence-corrected chi connectivity index (χ1v) is 10.1. The molecule has 1 aliphatic rings. The summed E-state index contributed by atoms with van der Waals surface area (Å²) in [4.78, 5) is 27.1. The number of rotatable bonds is 5. The van der Waals surface area contributed by atoms with Crippen LogP contribution >= 0.6 is 22.9 Å². The molecule has 1 aliphatic heterocycles. The molecule has 3 N–H and O–H groups in total. The molecule has 0 spiro atoms. The number of carbonyl (C=O) groups is 1. The fourth-order valence-corrected chi connectivity index (χ4v) is 3.98. The molecule has 0 aliphatic carbocycles. The molecular weight excluding hydrogens is 442 g/mol. The van der Waals surface area contributed by atoms with Gasteiger partial charge in [0.1, 0.15) is 10.8 Å². The summed E-state index contributed by atoms with van der Waals surface area (Å²) < 4.78 is 0. The van der Waals surface area contributed by atoms with Crippen molar-refractivity contribution in [2.45, 2.75) is 0 Å². The first-order valence-electron chi connectivity index (χ1n) is 8.89. The zero-order valence-electron chi connectivity index (χ0n) is 15.7. The number of hydrazine groups is 1. The molecule has 0 radical (unpaired) electrons. The maximum absolute atomic E-state index is 12.5. The third-order valence-corrected chi connectivity index (χ3v) is 5.65. The van der Waals surface area contributed by atoms with Crippen molar-refractivity contribution in [1.82, 2.24) is 15.4 Å². The zero-order valence-corrected chi connectivity index (χ0v) is 17.3. The molecule has 1 aromatic heterocycles. The van der Waals surface area contributed by atoms with Crippen LogP contribution in [0.5, 0.6) is 0 Å². The molecule has 0 saturated carbocycles. The average molecular weight is 456 g/mol. The van der Waals surface area contributed by atoms with Gasteiger partial charge in [-0.3, -0.25) is 30.8 Å². The van der Waals surface area contributed by atoms with E-state index in [1.54, 1.807) is 12.1 Å². The Morgan fingerprint density at radius 3 is 2.55 bits per heavy atom. The van der Waals surface area contributed by atoms with E-state index in [1.165, 1.54) is 40.6 Å². The Kier molecular flexibility index (Phi) is 5.40. The van der Waals surface area contributed by atoms with Crippen LogP contribution in [-0.2, 0) is 0 Å². The Labute approximate surface area is 184 Å². The number of aliphatic hydroxyl groups excluding tert-OH is 1. The van der Waals surface area contributed by atoms with Crippen molar-refractivity contribution in [1.29, 1.82) is 5.41 Å². The number of aromatic nitrogens is 1. The molecular formula is C20H14ClN5O4S. The van der Waals surface area contributed by atoms with Gasteiger partial charge >= 0.3 is 0 Å². The second kappa shape index (κ2) is 8.17. The van der Waals surface area contributed by atoms with E-state index in [0.29, 0.717) is 15.7 Å². The van der Waals surface area contributed by atoms with Crippen molar-refractivity contribution in [3.8, 4) is 11.3 Å². The van der Waals surface area contributed by atoms with Gasteiger partial charge in [-0.2, -0.15) is 0 Å². The number of nitro groups is 1. The summed E-state index contributed by atoms with van der Waals surface area (Å²) in [5.41, 5.74) is 4.34. The standard InChI is InChI=1S/C20H14ClN5O4S/c21-13-5-1-11(2-6-13)15-10-31-20(23-15)17-16(27)9-25(18(17)22)24-19(28)12-3-7-14(8-4-12)26(29)30/h1-8,10,22,27H,9H2,(H,24,28). The van der Waals surface area contributed by atoms with Gasteiger partial charge in [0.05, 0.1) is 22.7 Å². The number of hydrogen-bond acceptors (Lipinski definition) is 7. The summed E-state index contributed by atoms with van der Waals surface area (Å²) in [5, 5.41) is 33.6. The number of thiazole rings is 1. The van der Waals surface area contributed by atoms with Crippen LogP contribution in [0.3, 0.4) is 0 Å². The number of nitrogens with one attached hydrogen (secondary N) is 2. The van der Waals surface area contributed by atoms with Crippen molar-refractivity contribution in [3.05, 3.63) is 85.4 Å². The predicted molar refractivity (Wildman–Crippen MR) is 117 cm³/mol. The fourth-order valence-electron chi connectivity index (χ4n) is 2.96. The summed E-state index contributed by atoms with van der Waals surface area (Å²) in [6.45, 7) is -0.0945. The number of amidine groups is 1. The molecule has 31 heavy (non-hydrogen) atoms. The molecule has 0 atom stereocenters. The van der Waals surface area contributed by atoms with Crippen LogP contribution in [0.25, 0.3) is 16.8 Å². The van der Waals surface area contributed by atoms with E-state index in [-0.39, 0.29) is 35.0 Å². The van der Waals surface area contributed by atoms with E-state index in [4.69, 9.17) is 17.0 Å². The van der Waals surface area contributed by atoms with E-state index in [2.05, 4.69) is 10.4 Å². The van der Waals surface area contributed by atoms with E-state index in [9.17, 15) is 20.0 Å². The number of aliphatic hydroxyl groups is 1. The first-order chi connectivity index (χ1) is 14.8. The summed E-state index contributed by atoms with van der Waals surface area (Å²) >= 11 is 7.18. The molecule has 11 heteroatoms. The molecule has 156 valence electrons. The van der Waals surface area contributed by atoms with Gasteiger partial charge in [0.25, 0.3) is 11.6 Å². The Morgan fingerprint density at radius 2 is 1.90 bits per heavy atom. The molecule has 2 heterocycles. The minimum atomic E-state index is -0.560. The topological polar surface area (TPSA) is 132 Å². The van der Waals surface area contributed by atoms with Crippen molar-refractivity contribution >= 4 is 45.9 Å². The highest BCUT2D eigenvalue weighted by atomic mass is 35.5. The van der Waals surface area contributed by atoms with Gasteiger partial charge in [-0.15, -0.1) is 11.3 Å². The van der Waals surface area contributed by atoms with Crippen molar-refractivity contribution in [2.24, 2.45) is 0 Å². The number of amides is 1.